The molecule has 0 radical (unpaired) electrons. The predicted molar refractivity (Wildman–Crippen MR) is 87.8 cm³/mol. The number of hydrogen-bond acceptors (Lipinski definition) is 8. The fourth-order valence-corrected chi connectivity index (χ4v) is 2.40. The Morgan fingerprint density at radius 1 is 1.42 bits per heavy atom. The van der Waals surface area contributed by atoms with E-state index in [1.807, 2.05) is 0 Å². The van der Waals surface area contributed by atoms with Crippen molar-refractivity contribution in [1.29, 1.82) is 0 Å². The number of aromatic nitrogens is 3. The maximum absolute atomic E-state index is 11.9. The number of nitrogens with one attached hydrogen (secondary N) is 1. The molecule has 0 saturated carbocycles. The van der Waals surface area contributed by atoms with Crippen molar-refractivity contribution >= 4 is 23.2 Å². The average Bonchev–Trinajstić information content (AvgIpc) is 2.94. The minimum Gasteiger partial charge on any atom is -0.463 e. The Balaban J connectivity index is 1.88. The summed E-state index contributed by atoms with van der Waals surface area (Å²) < 4.78 is 10.8. The van der Waals surface area contributed by atoms with Crippen molar-refractivity contribution in [3.63, 3.8) is 0 Å². The van der Waals surface area contributed by atoms with Gasteiger partial charge in [0.2, 0.25) is 5.91 Å². The van der Waals surface area contributed by atoms with E-state index in [0.29, 0.717) is 36.2 Å². The van der Waals surface area contributed by atoms with Gasteiger partial charge in [0.15, 0.2) is 17.5 Å². The van der Waals surface area contributed by atoms with E-state index in [2.05, 4.69) is 27.2 Å². The Labute approximate surface area is 139 Å². The zero-order valence-electron chi connectivity index (χ0n) is 13.7. The fourth-order valence-electron chi connectivity index (χ4n) is 2.40. The Kier molecular flexibility index (Phi) is 4.50. The van der Waals surface area contributed by atoms with Crippen molar-refractivity contribution in [2.45, 2.75) is 33.2 Å². The van der Waals surface area contributed by atoms with Crippen LogP contribution >= 0.6 is 0 Å². The zero-order chi connectivity index (χ0) is 17.1. The second-order valence-corrected chi connectivity index (χ2v) is 5.55. The van der Waals surface area contributed by atoms with E-state index in [1.54, 1.807) is 18.1 Å². The van der Waals surface area contributed by atoms with Gasteiger partial charge < -0.3 is 25.1 Å². The standard InChI is InChI=1S/C15H20N6O3/c1-3-4-5-23-15-19-13(16)12-14(20-15)21(7-11(22)18-12)6-10-8-24-9(2)17-10/h8H,3-7H2,1-2H3,(H,18,22)(H2,16,19,20). The molecule has 1 aliphatic rings. The number of nitrogens with two attached hydrogens (primary N) is 1. The summed E-state index contributed by atoms with van der Waals surface area (Å²) in [6.07, 6.45) is 3.47. The van der Waals surface area contributed by atoms with Crippen LogP contribution < -0.4 is 20.7 Å². The Morgan fingerprint density at radius 3 is 2.96 bits per heavy atom. The van der Waals surface area contributed by atoms with Gasteiger partial charge in [0.05, 0.1) is 25.4 Å². The molecule has 128 valence electrons. The van der Waals surface area contributed by atoms with Crippen LogP contribution in [0.15, 0.2) is 10.7 Å². The molecule has 3 heterocycles. The summed E-state index contributed by atoms with van der Waals surface area (Å²) in [4.78, 5) is 26.5. The smallest absolute Gasteiger partial charge is 0.320 e. The molecule has 1 aliphatic heterocycles. The second-order valence-electron chi connectivity index (χ2n) is 5.55. The lowest BCUT2D eigenvalue weighted by atomic mass is 10.2. The number of rotatable bonds is 6. The van der Waals surface area contributed by atoms with Crippen LogP contribution in [0, 0.1) is 6.92 Å². The van der Waals surface area contributed by atoms with Gasteiger partial charge in [0.25, 0.3) is 0 Å². The molecule has 0 unspecified atom stereocenters. The third kappa shape index (κ3) is 3.39. The number of amides is 1. The first kappa shape index (κ1) is 16.0. The molecule has 24 heavy (non-hydrogen) atoms. The van der Waals surface area contributed by atoms with Crippen molar-refractivity contribution in [2.24, 2.45) is 0 Å². The lowest BCUT2D eigenvalue weighted by molar-refractivity contribution is -0.115. The fraction of sp³-hybridized carbons (Fsp3) is 0.467. The zero-order valence-corrected chi connectivity index (χ0v) is 13.7. The Hall–Kier alpha value is -2.84. The average molecular weight is 332 g/mol. The van der Waals surface area contributed by atoms with E-state index in [4.69, 9.17) is 14.9 Å². The molecule has 2 aromatic heterocycles. The number of ether oxygens (including phenoxy) is 1. The molecule has 0 saturated heterocycles. The molecule has 9 nitrogen and oxygen atoms in total. The third-order valence-electron chi connectivity index (χ3n) is 3.54. The first-order chi connectivity index (χ1) is 11.6. The highest BCUT2D eigenvalue weighted by molar-refractivity contribution is 6.03. The number of nitrogens with zero attached hydrogens (tertiary/aromatic N) is 4. The summed E-state index contributed by atoms with van der Waals surface area (Å²) >= 11 is 0. The third-order valence-corrected chi connectivity index (χ3v) is 3.54. The molecule has 0 bridgehead atoms. The molecule has 0 aromatic carbocycles. The van der Waals surface area contributed by atoms with E-state index in [9.17, 15) is 4.79 Å². The normalized spacial score (nSPS) is 13.6. The van der Waals surface area contributed by atoms with Gasteiger partial charge in [-0.3, -0.25) is 4.79 Å². The highest BCUT2D eigenvalue weighted by Crippen LogP contribution is 2.34. The summed E-state index contributed by atoms with van der Waals surface area (Å²) in [7, 11) is 0. The van der Waals surface area contributed by atoms with Gasteiger partial charge in [-0.15, -0.1) is 0 Å². The van der Waals surface area contributed by atoms with Crippen LogP contribution in [0.5, 0.6) is 6.01 Å². The summed E-state index contributed by atoms with van der Waals surface area (Å²) in [6.45, 7) is 4.87. The molecule has 0 fully saturated rings. The topological polar surface area (TPSA) is 119 Å². The van der Waals surface area contributed by atoms with Crippen molar-refractivity contribution in [2.75, 3.05) is 29.1 Å². The second kappa shape index (κ2) is 6.73. The number of fused-ring (bicyclic) bond motifs is 1. The number of carbonyl (C=O) groups is 1. The lowest BCUT2D eigenvalue weighted by Gasteiger charge is -2.29. The summed E-state index contributed by atoms with van der Waals surface area (Å²) in [5.41, 5.74) is 7.07. The van der Waals surface area contributed by atoms with Crippen LogP contribution in [-0.2, 0) is 11.3 Å². The van der Waals surface area contributed by atoms with E-state index < -0.39 is 0 Å². The minimum absolute atomic E-state index is 0.143. The van der Waals surface area contributed by atoms with Crippen LogP contribution in [0.3, 0.4) is 0 Å². The van der Waals surface area contributed by atoms with E-state index in [0.717, 1.165) is 12.8 Å². The first-order valence-corrected chi connectivity index (χ1v) is 7.83. The maximum atomic E-state index is 11.9. The summed E-state index contributed by atoms with van der Waals surface area (Å²) in [5.74, 6) is 1.09. The number of carbonyl (C=O) groups excluding carboxylic acids is 1. The lowest BCUT2D eigenvalue weighted by Crippen LogP contribution is -2.39. The number of unbranched alkanes of at least 4 members (excludes halogenated alkanes) is 1. The highest BCUT2D eigenvalue weighted by atomic mass is 16.5. The van der Waals surface area contributed by atoms with Crippen LogP contribution in [-0.4, -0.2) is 34.0 Å². The van der Waals surface area contributed by atoms with Gasteiger partial charge in [-0.2, -0.15) is 9.97 Å². The maximum Gasteiger partial charge on any atom is 0.320 e. The van der Waals surface area contributed by atoms with E-state index in [1.165, 1.54) is 0 Å². The molecule has 2 aromatic rings. The number of oxazole rings is 1. The first-order valence-electron chi connectivity index (χ1n) is 7.83. The summed E-state index contributed by atoms with van der Waals surface area (Å²) in [5, 5.41) is 2.71. The van der Waals surface area contributed by atoms with Crippen molar-refractivity contribution in [3.8, 4) is 6.01 Å². The SMILES string of the molecule is CCCCOc1nc(N)c2c(n1)N(Cc1coc(C)n1)CC(=O)N2. The largest absolute Gasteiger partial charge is 0.463 e. The van der Waals surface area contributed by atoms with Gasteiger partial charge in [0.1, 0.15) is 12.0 Å². The van der Waals surface area contributed by atoms with Gasteiger partial charge in [0, 0.05) is 6.92 Å². The molecular weight excluding hydrogens is 312 g/mol. The number of anilines is 3. The Morgan fingerprint density at radius 2 is 2.25 bits per heavy atom. The summed E-state index contributed by atoms with van der Waals surface area (Å²) in [6, 6.07) is 0.206. The van der Waals surface area contributed by atoms with Crippen LogP contribution in [0.2, 0.25) is 0 Å². The monoisotopic (exact) mass is 332 g/mol. The number of aryl methyl sites for hydroxylation is 1. The van der Waals surface area contributed by atoms with E-state index >= 15 is 0 Å². The Bertz CT molecular complexity index is 745. The highest BCUT2D eigenvalue weighted by Gasteiger charge is 2.28. The van der Waals surface area contributed by atoms with Crippen LogP contribution in [0.1, 0.15) is 31.4 Å². The van der Waals surface area contributed by atoms with Crippen molar-refractivity contribution in [3.05, 3.63) is 17.8 Å². The van der Waals surface area contributed by atoms with E-state index in [-0.39, 0.29) is 24.3 Å². The van der Waals surface area contributed by atoms with Gasteiger partial charge >= 0.3 is 6.01 Å². The van der Waals surface area contributed by atoms with Crippen LogP contribution in [0.25, 0.3) is 0 Å². The molecule has 1 amide bonds. The molecule has 0 aliphatic carbocycles. The minimum atomic E-state index is -0.183. The van der Waals surface area contributed by atoms with Crippen molar-refractivity contribution in [1.82, 2.24) is 15.0 Å². The van der Waals surface area contributed by atoms with Gasteiger partial charge in [-0.05, 0) is 6.42 Å². The molecule has 9 heteroatoms. The van der Waals surface area contributed by atoms with Crippen molar-refractivity contribution < 1.29 is 13.9 Å². The quantitative estimate of drug-likeness (QED) is 0.764. The molecular formula is C15H20N6O3. The number of hydrogen-bond donors (Lipinski definition) is 2. The number of nitrogen functional groups attached to an aromatic ring is 1. The van der Waals surface area contributed by atoms with Crippen LogP contribution in [0.4, 0.5) is 17.3 Å². The molecule has 3 rings (SSSR count). The predicted octanol–water partition coefficient (Wildman–Crippen LogP) is 1.49. The molecule has 0 spiro atoms. The molecule has 3 N–H and O–H groups in total. The molecule has 0 atom stereocenters. The van der Waals surface area contributed by atoms with Gasteiger partial charge in [-0.1, -0.05) is 13.3 Å². The van der Waals surface area contributed by atoms with Gasteiger partial charge in [-0.25, -0.2) is 4.98 Å².